The van der Waals surface area contributed by atoms with Crippen molar-refractivity contribution < 1.29 is 19.3 Å². The van der Waals surface area contributed by atoms with Crippen LogP contribution in [0.3, 0.4) is 0 Å². The Labute approximate surface area is 240 Å². The smallest absolute Gasteiger partial charge is 0.178 e. The Kier molecular flexibility index (Phi) is 6.19. The summed E-state index contributed by atoms with van der Waals surface area (Å²) in [6.07, 6.45) is 7.29. The molecule has 1 aliphatic carbocycles. The molecule has 0 saturated carbocycles. The zero-order valence-electron chi connectivity index (χ0n) is 23.3. The fourth-order valence-electron chi connectivity index (χ4n) is 6.33. The Hall–Kier alpha value is -4.70. The molecule has 7 rings (SSSR count). The highest BCUT2D eigenvalue weighted by atomic mass is 16.5. The Morgan fingerprint density at radius 2 is 1.56 bits per heavy atom. The van der Waals surface area contributed by atoms with Crippen molar-refractivity contribution in [3.8, 4) is 34.1 Å². The zero-order valence-corrected chi connectivity index (χ0v) is 23.3. The van der Waals surface area contributed by atoms with Crippen LogP contribution in [0.2, 0.25) is 0 Å². The third-order valence-electron chi connectivity index (χ3n) is 8.34. The molecule has 1 N–H and O–H groups in total. The molecule has 4 nitrogen and oxygen atoms in total. The Morgan fingerprint density at radius 3 is 2.32 bits per heavy atom. The molecule has 1 atom stereocenters. The van der Waals surface area contributed by atoms with Crippen LogP contribution in [0.1, 0.15) is 41.2 Å². The molecule has 5 aromatic carbocycles. The molecular weight excluding hydrogens is 508 g/mol. The second-order valence-electron chi connectivity index (χ2n) is 10.8. The molecule has 0 radical (unpaired) electrons. The lowest BCUT2D eigenvalue weighted by molar-refractivity contribution is 0.163. The van der Waals surface area contributed by atoms with Gasteiger partial charge in [-0.25, -0.2) is 0 Å². The number of methoxy groups -OCH3 is 1. The van der Waals surface area contributed by atoms with E-state index < -0.39 is 5.60 Å². The minimum atomic E-state index is -0.902. The van der Waals surface area contributed by atoms with E-state index in [1.54, 1.807) is 19.2 Å². The minimum absolute atomic E-state index is 0.218. The zero-order chi connectivity index (χ0) is 28.0. The van der Waals surface area contributed by atoms with Crippen LogP contribution in [-0.2, 0) is 18.4 Å². The summed E-state index contributed by atoms with van der Waals surface area (Å²) in [5, 5.41) is 12.3. The number of phenolic OH excluding ortho intramolecular Hbond substituents is 1. The highest BCUT2D eigenvalue weighted by Crippen LogP contribution is 2.52. The summed E-state index contributed by atoms with van der Waals surface area (Å²) >= 11 is 0. The molecular formula is C37H32O4. The molecule has 41 heavy (non-hydrogen) atoms. The largest absolute Gasteiger partial charge is 0.508 e. The van der Waals surface area contributed by atoms with Gasteiger partial charge >= 0.3 is 0 Å². The van der Waals surface area contributed by atoms with Crippen molar-refractivity contribution >= 4 is 16.8 Å². The number of fused-ring (bicyclic) bond motifs is 8. The van der Waals surface area contributed by atoms with E-state index in [-0.39, 0.29) is 5.75 Å². The molecule has 0 saturated heterocycles. The highest BCUT2D eigenvalue weighted by molar-refractivity contribution is 6.06. The molecule has 0 amide bonds. The molecule has 0 aromatic heterocycles. The summed E-state index contributed by atoms with van der Waals surface area (Å²) in [5.74, 6) is 2.68. The quantitative estimate of drug-likeness (QED) is 0.235. The molecule has 4 heteroatoms. The summed E-state index contributed by atoms with van der Waals surface area (Å²) in [6, 6.07) is 30.5. The number of ether oxygens (including phenoxy) is 3. The topological polar surface area (TPSA) is 47.9 Å². The first-order valence-corrected chi connectivity index (χ1v) is 14.3. The maximum Gasteiger partial charge on any atom is 0.178 e. The van der Waals surface area contributed by atoms with E-state index in [4.69, 9.17) is 14.2 Å². The number of aromatic hydroxyl groups is 1. The standard InChI is InChI=1S/C37H32O4/c1-3-22-40-28-15-11-26(12-16-28)37(25-9-13-27(38)14-10-25)21-20-33-31-18-8-24-6-4-5-7-30(24)35(31)32-19-17-29(39-2)23-34(32)36(33)41-37/h4-7,9-17,19-21,23,38H,3,8,18,22H2,1-2H3. The first-order valence-electron chi connectivity index (χ1n) is 14.3. The monoisotopic (exact) mass is 540 g/mol. The predicted octanol–water partition coefficient (Wildman–Crippen LogP) is 8.46. The van der Waals surface area contributed by atoms with Gasteiger partial charge in [0.15, 0.2) is 5.60 Å². The second kappa shape index (κ2) is 10.0. The van der Waals surface area contributed by atoms with Gasteiger partial charge in [-0.3, -0.25) is 0 Å². The van der Waals surface area contributed by atoms with Crippen LogP contribution in [-0.4, -0.2) is 18.8 Å². The van der Waals surface area contributed by atoms with E-state index in [0.29, 0.717) is 6.61 Å². The maximum absolute atomic E-state index is 10.1. The van der Waals surface area contributed by atoms with Crippen molar-refractivity contribution in [2.24, 2.45) is 0 Å². The number of benzene rings is 5. The van der Waals surface area contributed by atoms with Gasteiger partial charge in [0, 0.05) is 22.1 Å². The van der Waals surface area contributed by atoms with Crippen LogP contribution in [0, 0.1) is 0 Å². The molecule has 1 aliphatic heterocycles. The van der Waals surface area contributed by atoms with Gasteiger partial charge < -0.3 is 19.3 Å². The van der Waals surface area contributed by atoms with Crippen molar-refractivity contribution in [1.29, 1.82) is 0 Å². The van der Waals surface area contributed by atoms with Gasteiger partial charge in [-0.1, -0.05) is 61.5 Å². The summed E-state index contributed by atoms with van der Waals surface area (Å²) < 4.78 is 18.8. The second-order valence-corrected chi connectivity index (χ2v) is 10.8. The van der Waals surface area contributed by atoms with E-state index in [1.807, 2.05) is 30.3 Å². The summed E-state index contributed by atoms with van der Waals surface area (Å²) in [5.41, 5.74) is 7.39. The number of hydrogen-bond donors (Lipinski definition) is 1. The number of hydrogen-bond acceptors (Lipinski definition) is 4. The lowest BCUT2D eigenvalue weighted by Crippen LogP contribution is -2.34. The minimum Gasteiger partial charge on any atom is -0.508 e. The average molecular weight is 541 g/mol. The molecule has 0 fully saturated rings. The third-order valence-corrected chi connectivity index (χ3v) is 8.34. The Bertz CT molecular complexity index is 1780. The number of rotatable bonds is 6. The fourth-order valence-corrected chi connectivity index (χ4v) is 6.33. The summed E-state index contributed by atoms with van der Waals surface area (Å²) in [4.78, 5) is 0. The van der Waals surface area contributed by atoms with Crippen molar-refractivity contribution in [2.45, 2.75) is 31.8 Å². The van der Waals surface area contributed by atoms with E-state index in [1.165, 1.54) is 22.3 Å². The molecule has 2 aliphatic rings. The van der Waals surface area contributed by atoms with Crippen LogP contribution >= 0.6 is 0 Å². The molecule has 5 aromatic rings. The fraction of sp³-hybridized carbons (Fsp3) is 0.189. The van der Waals surface area contributed by atoms with Crippen molar-refractivity contribution in [1.82, 2.24) is 0 Å². The van der Waals surface area contributed by atoms with Crippen LogP contribution in [0.25, 0.3) is 28.0 Å². The van der Waals surface area contributed by atoms with Crippen LogP contribution in [0.5, 0.6) is 23.0 Å². The van der Waals surface area contributed by atoms with Gasteiger partial charge in [-0.05, 0) is 95.4 Å². The summed E-state index contributed by atoms with van der Waals surface area (Å²) in [7, 11) is 1.70. The van der Waals surface area contributed by atoms with E-state index in [9.17, 15) is 5.11 Å². The normalized spacial score (nSPS) is 16.8. The first kappa shape index (κ1) is 25.3. The first-order chi connectivity index (χ1) is 20.1. The highest BCUT2D eigenvalue weighted by Gasteiger charge is 2.39. The van der Waals surface area contributed by atoms with Gasteiger partial charge in [0.2, 0.25) is 0 Å². The van der Waals surface area contributed by atoms with Gasteiger partial charge in [-0.2, -0.15) is 0 Å². The van der Waals surface area contributed by atoms with E-state index >= 15 is 0 Å². The van der Waals surface area contributed by atoms with Gasteiger partial charge in [0.1, 0.15) is 23.0 Å². The molecule has 0 spiro atoms. The van der Waals surface area contributed by atoms with Gasteiger partial charge in [0.25, 0.3) is 0 Å². The number of aryl methyl sites for hydroxylation is 1. The Morgan fingerprint density at radius 1 is 0.829 bits per heavy atom. The van der Waals surface area contributed by atoms with Gasteiger partial charge in [0.05, 0.1) is 13.7 Å². The molecule has 1 heterocycles. The van der Waals surface area contributed by atoms with Crippen molar-refractivity contribution in [2.75, 3.05) is 13.7 Å². The Balaban J connectivity index is 1.47. The van der Waals surface area contributed by atoms with Crippen LogP contribution < -0.4 is 14.2 Å². The molecule has 204 valence electrons. The number of phenols is 1. The van der Waals surface area contributed by atoms with Crippen molar-refractivity contribution in [3.63, 3.8) is 0 Å². The SMILES string of the molecule is CCCOc1ccc(C2(c3ccc(O)cc3)C=Cc3c4c(c5ccc(OC)cc5c3O2)-c2ccccc2CC4)cc1. The van der Waals surface area contributed by atoms with E-state index in [2.05, 4.69) is 67.6 Å². The van der Waals surface area contributed by atoms with Gasteiger partial charge in [-0.15, -0.1) is 0 Å². The molecule has 0 bridgehead atoms. The van der Waals surface area contributed by atoms with E-state index in [0.717, 1.165) is 64.0 Å². The van der Waals surface area contributed by atoms with Crippen LogP contribution in [0.4, 0.5) is 0 Å². The average Bonchev–Trinajstić information content (AvgIpc) is 3.03. The lowest BCUT2D eigenvalue weighted by atomic mass is 9.77. The molecule has 1 unspecified atom stereocenters. The van der Waals surface area contributed by atoms with Crippen LogP contribution in [0.15, 0.2) is 97.1 Å². The maximum atomic E-state index is 10.1. The third kappa shape index (κ3) is 4.13. The van der Waals surface area contributed by atoms with Crippen molar-refractivity contribution in [3.05, 3.63) is 125 Å². The summed E-state index contributed by atoms with van der Waals surface area (Å²) in [6.45, 7) is 2.78. The lowest BCUT2D eigenvalue weighted by Gasteiger charge is -2.38. The predicted molar refractivity (Wildman–Crippen MR) is 164 cm³/mol.